The third-order valence-corrected chi connectivity index (χ3v) is 10.6. The Morgan fingerprint density at radius 1 is 0.909 bits per heavy atom. The molecule has 5 rings (SSSR count). The van der Waals surface area contributed by atoms with Gasteiger partial charge >= 0.3 is 0 Å². The molecule has 0 fully saturated rings. The molecule has 3 aromatic carbocycles. The van der Waals surface area contributed by atoms with Crippen molar-refractivity contribution in [2.75, 3.05) is 46.4 Å². The van der Waals surface area contributed by atoms with E-state index in [1.807, 2.05) is 30.3 Å². The van der Waals surface area contributed by atoms with Gasteiger partial charge in [-0.2, -0.15) is 5.26 Å². The van der Waals surface area contributed by atoms with Crippen molar-refractivity contribution in [3.63, 3.8) is 0 Å². The maximum Gasteiger partial charge on any atom is 0.255 e. The second-order valence-corrected chi connectivity index (χ2v) is 15.4. The third-order valence-electron chi connectivity index (χ3n) is 10.6. The summed E-state index contributed by atoms with van der Waals surface area (Å²) in [5.41, 5.74) is 22.0. The van der Waals surface area contributed by atoms with Crippen LogP contribution in [0.2, 0.25) is 0 Å². The van der Waals surface area contributed by atoms with Crippen molar-refractivity contribution in [2.45, 2.75) is 57.8 Å². The van der Waals surface area contributed by atoms with E-state index < -0.39 is 53.7 Å². The van der Waals surface area contributed by atoms with Crippen molar-refractivity contribution in [3.8, 4) is 40.5 Å². The molecule has 4 atom stereocenters. The van der Waals surface area contributed by atoms with Crippen LogP contribution in [0.25, 0.3) is 17.2 Å². The summed E-state index contributed by atoms with van der Waals surface area (Å²) in [5.74, 6) is 3.49. The molecule has 4 aromatic rings. The van der Waals surface area contributed by atoms with Crippen molar-refractivity contribution in [1.29, 1.82) is 5.26 Å². The van der Waals surface area contributed by atoms with Crippen LogP contribution in [0.5, 0.6) is 11.5 Å². The highest BCUT2D eigenvalue weighted by Gasteiger charge is 2.36. The van der Waals surface area contributed by atoms with Gasteiger partial charge in [-0.3, -0.25) is 24.0 Å². The Hall–Kier alpha value is -7.64. The van der Waals surface area contributed by atoms with E-state index in [1.165, 1.54) is 18.9 Å². The molecule has 0 aliphatic carbocycles. The monoisotopic (exact) mass is 897 g/mol. The van der Waals surface area contributed by atoms with Crippen LogP contribution >= 0.6 is 0 Å². The second kappa shape index (κ2) is 23.3. The highest BCUT2D eigenvalue weighted by molar-refractivity contribution is 6.00. The van der Waals surface area contributed by atoms with Crippen LogP contribution in [0.3, 0.4) is 0 Å². The molecule has 0 radical (unpaired) electrons. The molecule has 18 nitrogen and oxygen atoms in total. The molecular weight excluding hydrogens is 843 g/mol. The van der Waals surface area contributed by atoms with Gasteiger partial charge in [-0.15, -0.1) is 0 Å². The van der Waals surface area contributed by atoms with Gasteiger partial charge in [0, 0.05) is 43.2 Å². The van der Waals surface area contributed by atoms with E-state index in [0.29, 0.717) is 45.1 Å². The van der Waals surface area contributed by atoms with Crippen molar-refractivity contribution in [3.05, 3.63) is 112 Å². The summed E-state index contributed by atoms with van der Waals surface area (Å²) in [6, 6.07) is 14.4. The number of hydrogen-bond acceptors (Lipinski definition) is 13. The van der Waals surface area contributed by atoms with Crippen molar-refractivity contribution in [1.82, 2.24) is 36.1 Å². The number of hydrogen-bond donors (Lipinski definition) is 7. The number of nitrogens with one attached hydrogen (secondary N) is 4. The average molecular weight is 898 g/mol. The second-order valence-electron chi connectivity index (χ2n) is 15.4. The molecule has 0 saturated carbocycles. The Morgan fingerprint density at radius 2 is 1.55 bits per heavy atom. The molecule has 0 saturated heterocycles. The number of aryl methyl sites for hydroxylation is 2. The van der Waals surface area contributed by atoms with Gasteiger partial charge in [-0.1, -0.05) is 42.8 Å². The molecule has 1 unspecified atom stereocenters. The summed E-state index contributed by atoms with van der Waals surface area (Å²) in [5, 5.41) is 19.9. The van der Waals surface area contributed by atoms with Crippen LogP contribution in [0.15, 0.2) is 67.2 Å². The first-order chi connectivity index (χ1) is 31.7. The molecule has 18 heteroatoms. The number of carbonyl (C=O) groups is 5. The lowest BCUT2D eigenvalue weighted by Crippen LogP contribution is -2.56. The summed E-state index contributed by atoms with van der Waals surface area (Å²) in [7, 11) is 1.40. The van der Waals surface area contributed by atoms with Crippen LogP contribution < -0.4 is 47.9 Å². The van der Waals surface area contributed by atoms with Crippen LogP contribution in [-0.4, -0.2) is 109 Å². The summed E-state index contributed by atoms with van der Waals surface area (Å²) >= 11 is 0. The third kappa shape index (κ3) is 12.3. The lowest BCUT2D eigenvalue weighted by atomic mass is 9.93. The molecular formula is C48H55N11O7. The number of rotatable bonds is 15. The minimum Gasteiger partial charge on any atom is -0.492 e. The Bertz CT molecular complexity index is 2540. The van der Waals surface area contributed by atoms with E-state index >= 15 is 0 Å². The van der Waals surface area contributed by atoms with Crippen LogP contribution in [0, 0.1) is 37.0 Å². The number of benzene rings is 3. The smallest absolute Gasteiger partial charge is 0.255 e. The van der Waals surface area contributed by atoms with Crippen molar-refractivity contribution < 1.29 is 33.4 Å². The predicted molar refractivity (Wildman–Crippen MR) is 247 cm³/mol. The van der Waals surface area contributed by atoms with Crippen LogP contribution in [-0.2, 0) is 25.6 Å². The minimum absolute atomic E-state index is 0.00432. The number of nitrogens with two attached hydrogens (primary N) is 3. The number of carbonyl (C=O) groups excluding carboxylic acids is 5. The van der Waals surface area contributed by atoms with Gasteiger partial charge in [0.25, 0.3) is 5.91 Å². The van der Waals surface area contributed by atoms with E-state index in [1.54, 1.807) is 56.3 Å². The van der Waals surface area contributed by atoms with Gasteiger partial charge in [-0.05, 0) is 92.7 Å². The molecule has 1 aromatic heterocycles. The minimum atomic E-state index is -1.42. The predicted octanol–water partition coefficient (Wildman–Crippen LogP) is 1.31. The lowest BCUT2D eigenvalue weighted by molar-refractivity contribution is -0.141. The van der Waals surface area contributed by atoms with Gasteiger partial charge in [0.1, 0.15) is 55.4 Å². The standard InChI is InChI=1S/C48H55N11O7/c1-6-31-7-9-32(10-8-31)12-16-41-54-28(2)42(29(3)55-41)46(62)57-37(17-18-49)48(64)59(5)43-34-13-15-40(66-24-21-52)36(27-34)35-25-33(11-14-39(35)65-23-20-51)26-38(45(61)53-22-19-50)58-44(60)30(4)56-47(43)63/h6-11,13-15,25,27,30,37-38,43H,1,17-18,20-24,26,49,51-52H2,2-5H3,(H,53,61)(H,56,63)(H,57,62)(H,58,60)/t30-,37?,38-,43-/m0/s1. The Morgan fingerprint density at radius 3 is 2.15 bits per heavy atom. The largest absolute Gasteiger partial charge is 0.492 e. The number of aromatic nitrogens is 2. The molecule has 5 amide bonds. The molecule has 10 N–H and O–H groups in total. The fraction of sp³-hybridized carbons (Fsp3) is 0.333. The summed E-state index contributed by atoms with van der Waals surface area (Å²) < 4.78 is 12.2. The summed E-state index contributed by atoms with van der Waals surface area (Å²) in [4.78, 5) is 80.4. The zero-order chi connectivity index (χ0) is 47.9. The van der Waals surface area contributed by atoms with Gasteiger partial charge < -0.3 is 52.8 Å². The first-order valence-corrected chi connectivity index (χ1v) is 21.3. The number of ether oxygens (including phenoxy) is 2. The van der Waals surface area contributed by atoms with Crippen LogP contribution in [0.4, 0.5) is 0 Å². The Kier molecular flexibility index (Phi) is 17.5. The van der Waals surface area contributed by atoms with Gasteiger partial charge in [0.2, 0.25) is 29.5 Å². The Labute approximate surface area is 383 Å². The number of nitrogens with zero attached hydrogens (tertiary/aromatic N) is 4. The number of likely N-dealkylation sites (N-methyl/N-ethyl adjacent to an activating group) is 1. The van der Waals surface area contributed by atoms with E-state index in [9.17, 15) is 24.0 Å². The summed E-state index contributed by atoms with van der Waals surface area (Å²) in [6.07, 6.45) is 1.71. The highest BCUT2D eigenvalue weighted by atomic mass is 16.5. The average Bonchev–Trinajstić information content (AvgIpc) is 3.30. The van der Waals surface area contributed by atoms with Crippen LogP contribution in [0.1, 0.15) is 69.2 Å². The maximum atomic E-state index is 14.7. The lowest BCUT2D eigenvalue weighted by Gasteiger charge is -2.32. The quantitative estimate of drug-likeness (QED) is 0.0656. The molecule has 4 bridgehead atoms. The fourth-order valence-electron chi connectivity index (χ4n) is 7.29. The van der Waals surface area contributed by atoms with E-state index in [4.69, 9.17) is 31.9 Å². The maximum absolute atomic E-state index is 14.7. The van der Waals surface area contributed by atoms with Gasteiger partial charge in [0.05, 0.1) is 23.0 Å². The molecule has 0 spiro atoms. The van der Waals surface area contributed by atoms with Crippen molar-refractivity contribution in [2.24, 2.45) is 17.2 Å². The first kappa shape index (κ1) is 49.4. The number of amides is 5. The molecule has 1 aliphatic rings. The normalized spacial score (nSPS) is 16.1. The molecule has 1 aliphatic heterocycles. The van der Waals surface area contributed by atoms with E-state index in [0.717, 1.165) is 11.1 Å². The fourth-order valence-corrected chi connectivity index (χ4v) is 7.29. The topological polar surface area (TPSA) is 283 Å². The highest BCUT2D eigenvalue weighted by Crippen LogP contribution is 2.40. The Balaban J connectivity index is 1.56. The van der Waals surface area contributed by atoms with E-state index in [2.05, 4.69) is 49.7 Å². The van der Waals surface area contributed by atoms with Gasteiger partial charge in [0.15, 0.2) is 0 Å². The number of nitriles is 1. The summed E-state index contributed by atoms with van der Waals surface area (Å²) in [6.45, 7) is 8.79. The zero-order valence-electron chi connectivity index (χ0n) is 37.4. The zero-order valence-corrected chi connectivity index (χ0v) is 37.4. The molecule has 66 heavy (non-hydrogen) atoms. The van der Waals surface area contributed by atoms with Crippen molar-refractivity contribution >= 4 is 35.6 Å². The molecule has 2 heterocycles. The first-order valence-electron chi connectivity index (χ1n) is 21.3. The molecule has 344 valence electrons. The van der Waals surface area contributed by atoms with E-state index in [-0.39, 0.29) is 63.6 Å². The SMILES string of the molecule is C=Cc1ccc(C#Cc2nc(C)c(C(=O)NC(CCN)C(=O)N(C)[C@@H]3C(=O)N[C@@H](C)C(=O)N[C@H](C(=O)NCC#N)Cc4ccc(OCCN)c(c4)-c4cc3ccc4OCCN)c(C)n2)cc1. The number of fused-ring (bicyclic) bond motifs is 5. The van der Waals surface area contributed by atoms with Gasteiger partial charge in [-0.25, -0.2) is 9.97 Å².